The summed E-state index contributed by atoms with van der Waals surface area (Å²) in [6.45, 7) is 3.73. The van der Waals surface area contributed by atoms with Crippen LogP contribution >= 0.6 is 11.6 Å². The van der Waals surface area contributed by atoms with Crippen LogP contribution < -0.4 is 4.74 Å². The van der Waals surface area contributed by atoms with Crippen molar-refractivity contribution in [3.63, 3.8) is 0 Å². The highest BCUT2D eigenvalue weighted by Gasteiger charge is 2.13. The third kappa shape index (κ3) is 5.23. The van der Waals surface area contributed by atoms with Crippen molar-refractivity contribution in [3.05, 3.63) is 40.5 Å². The summed E-state index contributed by atoms with van der Waals surface area (Å²) in [6, 6.07) is 3.79. The molecule has 1 aromatic heterocycles. The Bertz CT molecular complexity index is 819. The molecule has 7 heteroatoms. The average molecular weight is 362 g/mol. The Balaban J connectivity index is 2.08. The minimum Gasteiger partial charge on any atom is -0.496 e. The summed E-state index contributed by atoms with van der Waals surface area (Å²) in [5, 5.41) is 7.74. The summed E-state index contributed by atoms with van der Waals surface area (Å²) in [5.41, 5.74) is 2.41. The van der Waals surface area contributed by atoms with E-state index in [-0.39, 0.29) is 5.17 Å². The number of aromatic nitrogens is 2. The maximum absolute atomic E-state index is 6.16. The summed E-state index contributed by atoms with van der Waals surface area (Å²) < 4.78 is 10.5. The highest BCUT2D eigenvalue weighted by Crippen LogP contribution is 2.27. The summed E-state index contributed by atoms with van der Waals surface area (Å²) in [5.74, 6) is 8.23. The SMILES string of the molecule is CON=C(Cl)c1cc(C#CCCCc2nc(C)no2)cc(C)c1OC. The highest BCUT2D eigenvalue weighted by atomic mass is 35.5. The third-order valence-corrected chi connectivity index (χ3v) is 3.64. The first-order chi connectivity index (χ1) is 12.0. The molecule has 0 amide bonds. The number of oxime groups is 1. The van der Waals surface area contributed by atoms with Crippen molar-refractivity contribution in [2.45, 2.75) is 33.1 Å². The Morgan fingerprint density at radius 3 is 2.76 bits per heavy atom. The minimum absolute atomic E-state index is 0.220. The van der Waals surface area contributed by atoms with Crippen LogP contribution in [-0.2, 0) is 11.3 Å². The summed E-state index contributed by atoms with van der Waals surface area (Å²) in [4.78, 5) is 8.90. The molecule has 132 valence electrons. The smallest absolute Gasteiger partial charge is 0.226 e. The van der Waals surface area contributed by atoms with Gasteiger partial charge >= 0.3 is 0 Å². The molecule has 0 unspecified atom stereocenters. The first-order valence-corrected chi connectivity index (χ1v) is 8.16. The second-order valence-corrected chi connectivity index (χ2v) is 5.69. The number of methoxy groups -OCH3 is 1. The van der Waals surface area contributed by atoms with E-state index >= 15 is 0 Å². The largest absolute Gasteiger partial charge is 0.496 e. The number of halogens is 1. The van der Waals surface area contributed by atoms with Gasteiger partial charge in [-0.3, -0.25) is 0 Å². The molecule has 1 aromatic carbocycles. The Labute approximate surface area is 152 Å². The van der Waals surface area contributed by atoms with Gasteiger partial charge in [-0.05, 0) is 38.0 Å². The first-order valence-electron chi connectivity index (χ1n) is 7.79. The Morgan fingerprint density at radius 2 is 2.12 bits per heavy atom. The van der Waals surface area contributed by atoms with Gasteiger partial charge in [0.05, 0.1) is 12.7 Å². The van der Waals surface area contributed by atoms with Crippen LogP contribution in [0.5, 0.6) is 5.75 Å². The molecular formula is C18H20ClN3O3. The summed E-state index contributed by atoms with van der Waals surface area (Å²) in [6.07, 6.45) is 2.29. The van der Waals surface area contributed by atoms with Gasteiger partial charge in [0.15, 0.2) is 11.0 Å². The lowest BCUT2D eigenvalue weighted by Gasteiger charge is -2.10. The molecule has 0 radical (unpaired) electrons. The van der Waals surface area contributed by atoms with Gasteiger partial charge in [0.1, 0.15) is 12.9 Å². The van der Waals surface area contributed by atoms with E-state index in [0.29, 0.717) is 29.4 Å². The molecule has 0 aliphatic carbocycles. The van der Waals surface area contributed by atoms with Gasteiger partial charge in [-0.1, -0.05) is 33.8 Å². The van der Waals surface area contributed by atoms with Gasteiger partial charge in [0.25, 0.3) is 0 Å². The fraction of sp³-hybridized carbons (Fsp3) is 0.389. The van der Waals surface area contributed by atoms with E-state index in [2.05, 4.69) is 27.1 Å². The molecule has 0 saturated carbocycles. The van der Waals surface area contributed by atoms with E-state index in [0.717, 1.165) is 24.0 Å². The lowest BCUT2D eigenvalue weighted by molar-refractivity contribution is 0.214. The molecule has 1 heterocycles. The number of hydrogen-bond donors (Lipinski definition) is 0. The van der Waals surface area contributed by atoms with Crippen LogP contribution in [0.1, 0.15) is 41.2 Å². The Hall–Kier alpha value is -2.52. The highest BCUT2D eigenvalue weighted by molar-refractivity contribution is 6.69. The van der Waals surface area contributed by atoms with Crippen molar-refractivity contribution >= 4 is 16.8 Å². The number of unbranched alkanes of at least 4 members (excludes halogenated alkanes) is 1. The van der Waals surface area contributed by atoms with Crippen LogP contribution in [0.3, 0.4) is 0 Å². The molecule has 2 aromatic rings. The number of nitrogens with zero attached hydrogens (tertiary/aromatic N) is 3. The monoisotopic (exact) mass is 361 g/mol. The van der Waals surface area contributed by atoms with E-state index in [1.165, 1.54) is 7.11 Å². The predicted molar refractivity (Wildman–Crippen MR) is 96.0 cm³/mol. The van der Waals surface area contributed by atoms with Crippen molar-refractivity contribution in [1.29, 1.82) is 0 Å². The molecule has 0 bridgehead atoms. The predicted octanol–water partition coefficient (Wildman–Crippen LogP) is 3.62. The van der Waals surface area contributed by atoms with Crippen molar-refractivity contribution < 1.29 is 14.1 Å². The molecule has 0 aliphatic rings. The molecule has 0 atom stereocenters. The molecule has 0 saturated heterocycles. The summed E-state index contributed by atoms with van der Waals surface area (Å²) in [7, 11) is 3.03. The van der Waals surface area contributed by atoms with E-state index < -0.39 is 0 Å². The third-order valence-electron chi connectivity index (χ3n) is 3.37. The second kappa shape index (κ2) is 9.09. The standard InChI is InChI=1S/C18H20ClN3O3/c1-12-10-14(11-15(17(12)23-3)18(19)22-24-4)8-6-5-7-9-16-20-13(2)21-25-16/h10-11H,5,7,9H2,1-4H3. The molecule has 0 fully saturated rings. The normalized spacial score (nSPS) is 11.0. The molecule has 25 heavy (non-hydrogen) atoms. The zero-order valence-electron chi connectivity index (χ0n) is 14.7. The van der Waals surface area contributed by atoms with Crippen LogP contribution in [0.2, 0.25) is 0 Å². The zero-order chi connectivity index (χ0) is 18.2. The molecular weight excluding hydrogens is 342 g/mol. The van der Waals surface area contributed by atoms with Crippen molar-refractivity contribution in [2.24, 2.45) is 5.16 Å². The number of rotatable bonds is 6. The van der Waals surface area contributed by atoms with Crippen LogP contribution in [-0.4, -0.2) is 29.5 Å². The van der Waals surface area contributed by atoms with E-state index in [4.69, 9.17) is 25.7 Å². The van der Waals surface area contributed by atoms with Crippen LogP contribution in [0.4, 0.5) is 0 Å². The Kier molecular flexibility index (Phi) is 6.84. The fourth-order valence-corrected chi connectivity index (χ4v) is 2.54. The zero-order valence-corrected chi connectivity index (χ0v) is 15.5. The molecule has 0 N–H and O–H groups in total. The minimum atomic E-state index is 0.220. The van der Waals surface area contributed by atoms with Gasteiger partial charge in [-0.2, -0.15) is 4.98 Å². The van der Waals surface area contributed by atoms with Crippen molar-refractivity contribution in [3.8, 4) is 17.6 Å². The average Bonchev–Trinajstić information content (AvgIpc) is 2.99. The van der Waals surface area contributed by atoms with Crippen LogP contribution in [0, 0.1) is 25.7 Å². The topological polar surface area (TPSA) is 69.7 Å². The lowest BCUT2D eigenvalue weighted by Crippen LogP contribution is -2.00. The Morgan fingerprint density at radius 1 is 1.32 bits per heavy atom. The maximum atomic E-state index is 6.16. The van der Waals surface area contributed by atoms with E-state index in [9.17, 15) is 0 Å². The lowest BCUT2D eigenvalue weighted by atomic mass is 10.0. The van der Waals surface area contributed by atoms with Gasteiger partial charge in [0, 0.05) is 18.4 Å². The second-order valence-electron chi connectivity index (χ2n) is 5.33. The fourth-order valence-electron chi connectivity index (χ4n) is 2.33. The molecule has 0 aliphatic heterocycles. The molecule has 0 spiro atoms. The van der Waals surface area contributed by atoms with Gasteiger partial charge in [0.2, 0.25) is 5.89 Å². The number of benzene rings is 1. The van der Waals surface area contributed by atoms with Crippen molar-refractivity contribution in [2.75, 3.05) is 14.2 Å². The maximum Gasteiger partial charge on any atom is 0.226 e. The quantitative estimate of drug-likeness (QED) is 0.340. The summed E-state index contributed by atoms with van der Waals surface area (Å²) >= 11 is 6.16. The molecule has 6 nitrogen and oxygen atoms in total. The van der Waals surface area contributed by atoms with Crippen molar-refractivity contribution in [1.82, 2.24) is 10.1 Å². The van der Waals surface area contributed by atoms with E-state index in [1.54, 1.807) is 14.0 Å². The van der Waals surface area contributed by atoms with Gasteiger partial charge < -0.3 is 14.1 Å². The number of hydrogen-bond acceptors (Lipinski definition) is 6. The van der Waals surface area contributed by atoms with Gasteiger partial charge in [-0.25, -0.2) is 0 Å². The van der Waals surface area contributed by atoms with E-state index in [1.807, 2.05) is 19.1 Å². The van der Waals surface area contributed by atoms with Gasteiger partial charge in [-0.15, -0.1) is 0 Å². The number of ether oxygens (including phenoxy) is 1. The van der Waals surface area contributed by atoms with Crippen LogP contribution in [0.25, 0.3) is 0 Å². The van der Waals surface area contributed by atoms with Crippen LogP contribution in [0.15, 0.2) is 21.8 Å². The first kappa shape index (κ1) is 18.8. The number of aryl methyl sites for hydroxylation is 3. The molecule has 2 rings (SSSR count).